The summed E-state index contributed by atoms with van der Waals surface area (Å²) in [7, 11) is 0. The zero-order valence-corrected chi connectivity index (χ0v) is 7.76. The lowest BCUT2D eigenvalue weighted by molar-refractivity contribution is 1.60. The van der Waals surface area contributed by atoms with Crippen molar-refractivity contribution < 1.29 is 0 Å². The summed E-state index contributed by atoms with van der Waals surface area (Å²) in [5, 5.41) is 8.37. The van der Waals surface area contributed by atoms with Crippen LogP contribution in [0.2, 0.25) is 0 Å². The molecule has 0 amide bonds. The minimum absolute atomic E-state index is 1.29. The molecule has 1 aromatic rings. The Kier molecular flexibility index (Phi) is 6.64. The Balaban J connectivity index is 0.000000180. The molecule has 1 heterocycles. The highest BCUT2D eigenvalue weighted by Crippen LogP contribution is 2.03. The number of hydrogen-bond donors (Lipinski definition) is 1. The fourth-order valence-corrected chi connectivity index (χ4v) is 0.890. The van der Waals surface area contributed by atoms with E-state index in [1.807, 2.05) is 6.26 Å². The highest BCUT2D eigenvalue weighted by molar-refractivity contribution is 8.11. The molecule has 1 N–H and O–H groups in total. The highest BCUT2D eigenvalue weighted by atomic mass is 32.2. The first-order chi connectivity index (χ1) is 4.81. The van der Waals surface area contributed by atoms with Crippen LogP contribution >= 0.6 is 23.1 Å². The monoisotopic (exact) mass is 173 g/mol. The van der Waals surface area contributed by atoms with Gasteiger partial charge in [-0.1, -0.05) is 6.07 Å². The van der Waals surface area contributed by atoms with Gasteiger partial charge in [0, 0.05) is 4.88 Å². The maximum Gasteiger partial charge on any atom is 0.0503 e. The molecule has 0 fully saturated rings. The van der Waals surface area contributed by atoms with E-state index < -0.39 is 0 Å². The maximum atomic E-state index is 6.29. The Labute approximate surface area is 70.0 Å². The largest absolute Gasteiger partial charge is 0.302 e. The number of aryl methyl sites for hydroxylation is 1. The third-order valence-electron chi connectivity index (χ3n) is 0.781. The lowest BCUT2D eigenvalue weighted by atomic mass is 10.5. The van der Waals surface area contributed by atoms with Crippen molar-refractivity contribution in [2.24, 2.45) is 0 Å². The van der Waals surface area contributed by atoms with Crippen LogP contribution in [0.15, 0.2) is 17.5 Å². The summed E-state index contributed by atoms with van der Waals surface area (Å²) >= 11 is 3.18. The third-order valence-corrected chi connectivity index (χ3v) is 1.82. The number of rotatable bonds is 1. The molecule has 0 atom stereocenters. The molecule has 0 spiro atoms. The van der Waals surface area contributed by atoms with Crippen molar-refractivity contribution in [2.75, 3.05) is 6.26 Å². The Bertz CT molecular complexity index is 158. The van der Waals surface area contributed by atoms with Gasteiger partial charge in [-0.15, -0.1) is 23.1 Å². The average molecular weight is 173 g/mol. The average Bonchev–Trinajstić information content (AvgIpc) is 2.40. The molecular formula is C7H11NS2. The van der Waals surface area contributed by atoms with E-state index in [0.29, 0.717) is 0 Å². The summed E-state index contributed by atoms with van der Waals surface area (Å²) in [5.41, 5.74) is 1.29. The van der Waals surface area contributed by atoms with E-state index >= 15 is 0 Å². The Morgan fingerprint density at radius 1 is 1.70 bits per heavy atom. The summed E-state index contributed by atoms with van der Waals surface area (Å²) in [6, 6.07) is 4.16. The molecule has 1 nitrogen and oxygen atoms in total. The van der Waals surface area contributed by atoms with E-state index in [0.717, 1.165) is 0 Å². The molecule has 1 aromatic heterocycles. The molecule has 0 unspecified atom stereocenters. The quantitative estimate of drug-likeness (QED) is 0.512. The Morgan fingerprint density at radius 2 is 2.30 bits per heavy atom. The first-order valence-electron chi connectivity index (χ1n) is 2.83. The lowest BCUT2D eigenvalue weighted by Gasteiger charge is -1.65. The molecule has 56 valence electrons. The van der Waals surface area contributed by atoms with Crippen LogP contribution < -0.4 is 0 Å². The van der Waals surface area contributed by atoms with Crippen molar-refractivity contribution in [3.63, 3.8) is 0 Å². The van der Waals surface area contributed by atoms with Crippen LogP contribution in [-0.2, 0) is 0 Å². The molecule has 0 saturated carbocycles. The maximum absolute atomic E-state index is 6.29. The predicted molar refractivity (Wildman–Crippen MR) is 51.4 cm³/mol. The van der Waals surface area contributed by atoms with Crippen LogP contribution in [0.1, 0.15) is 4.88 Å². The number of nitrogens with one attached hydrogen (secondary N) is 1. The van der Waals surface area contributed by atoms with E-state index in [4.69, 9.17) is 5.41 Å². The van der Waals surface area contributed by atoms with Crippen molar-refractivity contribution in [2.45, 2.75) is 6.92 Å². The zero-order valence-electron chi connectivity index (χ0n) is 6.13. The summed E-state index contributed by atoms with van der Waals surface area (Å²) in [6.45, 7) is 2.10. The van der Waals surface area contributed by atoms with Gasteiger partial charge < -0.3 is 5.41 Å². The first kappa shape index (κ1) is 9.72. The van der Waals surface area contributed by atoms with Gasteiger partial charge in [-0.2, -0.15) is 0 Å². The molecular weight excluding hydrogens is 162 g/mol. The predicted octanol–water partition coefficient (Wildman–Crippen LogP) is 3.01. The van der Waals surface area contributed by atoms with Crippen molar-refractivity contribution in [3.8, 4) is 0 Å². The van der Waals surface area contributed by atoms with Crippen LogP contribution in [0.5, 0.6) is 0 Å². The molecule has 0 aliphatic carbocycles. The molecule has 0 aromatic carbocycles. The highest BCUT2D eigenvalue weighted by Gasteiger charge is 1.74. The van der Waals surface area contributed by atoms with Crippen molar-refractivity contribution in [1.29, 1.82) is 5.41 Å². The van der Waals surface area contributed by atoms with E-state index in [2.05, 4.69) is 24.4 Å². The van der Waals surface area contributed by atoms with Crippen LogP contribution in [0.25, 0.3) is 0 Å². The van der Waals surface area contributed by atoms with Gasteiger partial charge >= 0.3 is 0 Å². The second-order valence-electron chi connectivity index (χ2n) is 1.58. The second-order valence-corrected chi connectivity index (χ2v) is 3.44. The summed E-state index contributed by atoms with van der Waals surface area (Å²) in [4.78, 5) is 1.38. The van der Waals surface area contributed by atoms with Crippen LogP contribution in [0.3, 0.4) is 0 Å². The minimum Gasteiger partial charge on any atom is -0.302 e. The van der Waals surface area contributed by atoms with E-state index in [-0.39, 0.29) is 0 Å². The molecule has 1 rings (SSSR count). The normalized spacial score (nSPS) is 7.80. The standard InChI is InChI=1S/C5H6S.C2H5NS/c1-5-3-2-4-6-5;1-4-2-3/h2-4H,1H3;2-3H,1H3. The molecule has 0 aliphatic heterocycles. The zero-order chi connectivity index (χ0) is 7.82. The van der Waals surface area contributed by atoms with Gasteiger partial charge in [-0.3, -0.25) is 0 Å². The van der Waals surface area contributed by atoms with Gasteiger partial charge in [0.2, 0.25) is 0 Å². The summed E-state index contributed by atoms with van der Waals surface area (Å²) in [6.07, 6.45) is 1.85. The van der Waals surface area contributed by atoms with E-state index in [1.54, 1.807) is 11.3 Å². The molecule has 0 aliphatic rings. The molecule has 10 heavy (non-hydrogen) atoms. The topological polar surface area (TPSA) is 23.9 Å². The smallest absolute Gasteiger partial charge is 0.0503 e. The van der Waals surface area contributed by atoms with E-state index in [9.17, 15) is 0 Å². The summed E-state index contributed by atoms with van der Waals surface area (Å²) in [5.74, 6) is 0. The second kappa shape index (κ2) is 6.83. The summed E-state index contributed by atoms with van der Waals surface area (Å²) < 4.78 is 0. The number of thioether (sulfide) groups is 1. The van der Waals surface area contributed by atoms with Crippen molar-refractivity contribution in [1.82, 2.24) is 0 Å². The molecule has 0 saturated heterocycles. The van der Waals surface area contributed by atoms with Crippen molar-refractivity contribution in [3.05, 3.63) is 22.4 Å². The molecule has 0 bridgehead atoms. The van der Waals surface area contributed by atoms with Gasteiger partial charge in [-0.05, 0) is 24.6 Å². The third kappa shape index (κ3) is 5.85. The first-order valence-corrected chi connectivity index (χ1v) is 5.00. The molecule has 3 heteroatoms. The van der Waals surface area contributed by atoms with Crippen molar-refractivity contribution >= 4 is 28.6 Å². The van der Waals surface area contributed by atoms with Gasteiger partial charge in [0.15, 0.2) is 0 Å². The van der Waals surface area contributed by atoms with Crippen LogP contribution in [0, 0.1) is 12.3 Å². The minimum atomic E-state index is 1.29. The molecule has 0 radical (unpaired) electrons. The lowest BCUT2D eigenvalue weighted by Crippen LogP contribution is -1.42. The van der Waals surface area contributed by atoms with Gasteiger partial charge in [0.1, 0.15) is 0 Å². The SMILES string of the molecule is CSC=N.Cc1cccs1. The van der Waals surface area contributed by atoms with Gasteiger partial charge in [0.25, 0.3) is 0 Å². The fraction of sp³-hybridized carbons (Fsp3) is 0.286. The van der Waals surface area contributed by atoms with Crippen LogP contribution in [0.4, 0.5) is 0 Å². The number of thiophene rings is 1. The number of hydrogen-bond acceptors (Lipinski definition) is 3. The van der Waals surface area contributed by atoms with Crippen LogP contribution in [-0.4, -0.2) is 11.8 Å². The Morgan fingerprint density at radius 3 is 2.40 bits per heavy atom. The van der Waals surface area contributed by atoms with Gasteiger partial charge in [-0.25, -0.2) is 0 Å². The van der Waals surface area contributed by atoms with E-state index in [1.165, 1.54) is 22.2 Å². The Hall–Kier alpha value is -0.280. The van der Waals surface area contributed by atoms with Gasteiger partial charge in [0.05, 0.1) is 5.55 Å². The fourth-order valence-electron chi connectivity index (χ4n) is 0.361.